The SMILES string of the molecule is CCNC(=NCC1CCCO1)NC(C)COC. The molecule has 100 valence electrons. The molecule has 0 spiro atoms. The topological polar surface area (TPSA) is 54.9 Å². The lowest BCUT2D eigenvalue weighted by molar-refractivity contribution is 0.117. The second-order valence-electron chi connectivity index (χ2n) is 4.36. The highest BCUT2D eigenvalue weighted by molar-refractivity contribution is 5.80. The predicted octanol–water partition coefficient (Wildman–Crippen LogP) is 0.755. The van der Waals surface area contributed by atoms with Gasteiger partial charge in [-0.05, 0) is 26.7 Å². The number of hydrogen-bond acceptors (Lipinski definition) is 3. The zero-order valence-corrected chi connectivity index (χ0v) is 11.2. The maximum atomic E-state index is 5.55. The summed E-state index contributed by atoms with van der Waals surface area (Å²) in [6, 6.07) is 0.252. The maximum absolute atomic E-state index is 5.55. The summed E-state index contributed by atoms with van der Waals surface area (Å²) < 4.78 is 10.6. The summed E-state index contributed by atoms with van der Waals surface area (Å²) in [5, 5.41) is 6.52. The predicted molar refractivity (Wildman–Crippen MR) is 69.4 cm³/mol. The van der Waals surface area contributed by atoms with E-state index in [1.807, 2.05) is 0 Å². The van der Waals surface area contributed by atoms with Crippen LogP contribution in [0.3, 0.4) is 0 Å². The summed E-state index contributed by atoms with van der Waals surface area (Å²) >= 11 is 0. The molecule has 5 nitrogen and oxygen atoms in total. The van der Waals surface area contributed by atoms with Crippen LogP contribution < -0.4 is 10.6 Å². The highest BCUT2D eigenvalue weighted by Gasteiger charge is 2.15. The normalized spacial score (nSPS) is 22.5. The van der Waals surface area contributed by atoms with Crippen LogP contribution in [0.2, 0.25) is 0 Å². The standard InChI is InChI=1S/C12H25N3O2/c1-4-13-12(15-10(2)9-16-3)14-8-11-6-5-7-17-11/h10-11H,4-9H2,1-3H3,(H2,13,14,15). The molecule has 2 N–H and O–H groups in total. The minimum atomic E-state index is 0.252. The van der Waals surface area contributed by atoms with Crippen molar-refractivity contribution in [1.82, 2.24) is 10.6 Å². The Hall–Kier alpha value is -0.810. The third-order valence-electron chi connectivity index (χ3n) is 2.62. The Balaban J connectivity index is 2.36. The molecule has 1 fully saturated rings. The fourth-order valence-electron chi connectivity index (χ4n) is 1.83. The summed E-state index contributed by atoms with van der Waals surface area (Å²) in [5.74, 6) is 0.840. The molecule has 0 aromatic rings. The Labute approximate surface area is 104 Å². The van der Waals surface area contributed by atoms with Gasteiger partial charge < -0.3 is 20.1 Å². The van der Waals surface area contributed by atoms with Gasteiger partial charge in [-0.25, -0.2) is 0 Å². The van der Waals surface area contributed by atoms with E-state index >= 15 is 0 Å². The molecule has 0 radical (unpaired) electrons. The first kappa shape index (κ1) is 14.3. The van der Waals surface area contributed by atoms with Gasteiger partial charge in [-0.1, -0.05) is 0 Å². The Kier molecular flexibility index (Phi) is 6.96. The number of ether oxygens (including phenoxy) is 2. The molecule has 0 aromatic heterocycles. The second kappa shape index (κ2) is 8.31. The molecule has 1 aliphatic heterocycles. The minimum absolute atomic E-state index is 0.252. The lowest BCUT2D eigenvalue weighted by Gasteiger charge is -2.17. The van der Waals surface area contributed by atoms with Crippen molar-refractivity contribution in [2.24, 2.45) is 4.99 Å². The number of rotatable bonds is 6. The first-order valence-electron chi connectivity index (χ1n) is 6.41. The quantitative estimate of drug-likeness (QED) is 0.534. The van der Waals surface area contributed by atoms with Crippen molar-refractivity contribution >= 4 is 5.96 Å². The molecule has 1 rings (SSSR count). The molecule has 0 bridgehead atoms. The minimum Gasteiger partial charge on any atom is -0.383 e. The molecular weight excluding hydrogens is 218 g/mol. The molecule has 5 heteroatoms. The van der Waals surface area contributed by atoms with Gasteiger partial charge >= 0.3 is 0 Å². The van der Waals surface area contributed by atoms with E-state index in [1.165, 1.54) is 0 Å². The van der Waals surface area contributed by atoms with Crippen molar-refractivity contribution in [3.63, 3.8) is 0 Å². The van der Waals surface area contributed by atoms with Crippen LogP contribution in [0.25, 0.3) is 0 Å². The molecule has 1 aliphatic rings. The van der Waals surface area contributed by atoms with Gasteiger partial charge in [0.1, 0.15) is 0 Å². The molecule has 17 heavy (non-hydrogen) atoms. The number of guanidine groups is 1. The highest BCUT2D eigenvalue weighted by atomic mass is 16.5. The molecule has 0 aromatic carbocycles. The van der Waals surface area contributed by atoms with Gasteiger partial charge in [0.05, 0.1) is 19.3 Å². The summed E-state index contributed by atoms with van der Waals surface area (Å²) in [6.45, 7) is 7.27. The fourth-order valence-corrected chi connectivity index (χ4v) is 1.83. The summed E-state index contributed by atoms with van der Waals surface area (Å²) in [7, 11) is 1.70. The van der Waals surface area contributed by atoms with Crippen LogP contribution in [0.1, 0.15) is 26.7 Å². The van der Waals surface area contributed by atoms with E-state index in [4.69, 9.17) is 9.47 Å². The van der Waals surface area contributed by atoms with Gasteiger partial charge in [0.15, 0.2) is 5.96 Å². The lowest BCUT2D eigenvalue weighted by Crippen LogP contribution is -2.44. The Bertz CT molecular complexity index is 228. The van der Waals surface area contributed by atoms with E-state index in [0.717, 1.165) is 38.5 Å². The van der Waals surface area contributed by atoms with Crippen molar-refractivity contribution in [1.29, 1.82) is 0 Å². The Morgan fingerprint density at radius 1 is 1.59 bits per heavy atom. The fraction of sp³-hybridized carbons (Fsp3) is 0.917. The van der Waals surface area contributed by atoms with Crippen LogP contribution in [0.4, 0.5) is 0 Å². The van der Waals surface area contributed by atoms with Crippen LogP contribution in [-0.2, 0) is 9.47 Å². The van der Waals surface area contributed by atoms with Crippen LogP contribution in [-0.4, -0.2) is 51.5 Å². The molecule has 0 amide bonds. The van der Waals surface area contributed by atoms with E-state index in [0.29, 0.717) is 12.7 Å². The number of nitrogens with one attached hydrogen (secondary N) is 2. The van der Waals surface area contributed by atoms with E-state index in [1.54, 1.807) is 7.11 Å². The van der Waals surface area contributed by atoms with Gasteiger partial charge in [0.25, 0.3) is 0 Å². The van der Waals surface area contributed by atoms with Gasteiger partial charge in [0, 0.05) is 26.3 Å². The van der Waals surface area contributed by atoms with E-state index < -0.39 is 0 Å². The molecule has 2 atom stereocenters. The smallest absolute Gasteiger partial charge is 0.191 e. The summed E-state index contributed by atoms with van der Waals surface area (Å²) in [4.78, 5) is 4.53. The first-order valence-corrected chi connectivity index (χ1v) is 6.41. The van der Waals surface area contributed by atoms with Crippen LogP contribution in [0.15, 0.2) is 4.99 Å². The Morgan fingerprint density at radius 3 is 3.00 bits per heavy atom. The third-order valence-corrected chi connectivity index (χ3v) is 2.62. The van der Waals surface area contributed by atoms with E-state index in [-0.39, 0.29) is 6.04 Å². The zero-order valence-electron chi connectivity index (χ0n) is 11.2. The van der Waals surface area contributed by atoms with Crippen molar-refractivity contribution < 1.29 is 9.47 Å². The number of aliphatic imine (C=N–C) groups is 1. The Morgan fingerprint density at radius 2 is 2.41 bits per heavy atom. The van der Waals surface area contributed by atoms with Crippen LogP contribution in [0, 0.1) is 0 Å². The summed E-state index contributed by atoms with van der Waals surface area (Å²) in [6.07, 6.45) is 2.57. The molecule has 1 saturated heterocycles. The zero-order chi connectivity index (χ0) is 12.5. The van der Waals surface area contributed by atoms with Gasteiger partial charge in [-0.15, -0.1) is 0 Å². The molecule has 1 heterocycles. The monoisotopic (exact) mass is 243 g/mol. The number of nitrogens with zero attached hydrogens (tertiary/aromatic N) is 1. The first-order chi connectivity index (χ1) is 8.26. The van der Waals surface area contributed by atoms with Crippen LogP contribution >= 0.6 is 0 Å². The average Bonchev–Trinajstić information content (AvgIpc) is 2.79. The summed E-state index contributed by atoms with van der Waals surface area (Å²) in [5.41, 5.74) is 0. The number of hydrogen-bond donors (Lipinski definition) is 2. The number of methoxy groups -OCH3 is 1. The maximum Gasteiger partial charge on any atom is 0.191 e. The second-order valence-corrected chi connectivity index (χ2v) is 4.36. The molecule has 2 unspecified atom stereocenters. The van der Waals surface area contributed by atoms with Crippen molar-refractivity contribution in [2.45, 2.75) is 38.8 Å². The van der Waals surface area contributed by atoms with Gasteiger partial charge in [-0.2, -0.15) is 0 Å². The van der Waals surface area contributed by atoms with Crippen molar-refractivity contribution in [3.05, 3.63) is 0 Å². The van der Waals surface area contributed by atoms with E-state index in [2.05, 4.69) is 29.5 Å². The molecular formula is C12H25N3O2. The van der Waals surface area contributed by atoms with Gasteiger partial charge in [-0.3, -0.25) is 4.99 Å². The molecule has 0 aliphatic carbocycles. The largest absolute Gasteiger partial charge is 0.383 e. The third kappa shape index (κ3) is 5.89. The van der Waals surface area contributed by atoms with Crippen LogP contribution in [0.5, 0.6) is 0 Å². The average molecular weight is 243 g/mol. The van der Waals surface area contributed by atoms with Crippen molar-refractivity contribution in [3.8, 4) is 0 Å². The van der Waals surface area contributed by atoms with E-state index in [9.17, 15) is 0 Å². The van der Waals surface area contributed by atoms with Crippen molar-refractivity contribution in [2.75, 3.05) is 33.4 Å². The van der Waals surface area contributed by atoms with Gasteiger partial charge in [0.2, 0.25) is 0 Å². The molecule has 0 saturated carbocycles. The lowest BCUT2D eigenvalue weighted by atomic mass is 10.2. The highest BCUT2D eigenvalue weighted by Crippen LogP contribution is 2.11.